The first-order chi connectivity index (χ1) is 10.5. The molecule has 0 heterocycles. The minimum atomic E-state index is -1.55. The van der Waals surface area contributed by atoms with Gasteiger partial charge in [-0.3, -0.25) is 4.79 Å². The van der Waals surface area contributed by atoms with Gasteiger partial charge in [-0.15, -0.1) is 0 Å². The third-order valence-corrected chi connectivity index (χ3v) is 3.02. The Hall–Kier alpha value is -1.83. The third-order valence-electron chi connectivity index (χ3n) is 2.80. The van der Waals surface area contributed by atoms with Crippen LogP contribution in [0, 0.1) is 0 Å². The van der Waals surface area contributed by atoms with E-state index < -0.39 is 29.7 Å². The number of phenolic OH excluding ortho intramolecular Hbond substituents is 1. The molecule has 0 aliphatic rings. The van der Waals surface area contributed by atoms with Crippen LogP contribution in [-0.4, -0.2) is 45.9 Å². The molecule has 4 N–H and O–H groups in total. The fourth-order valence-corrected chi connectivity index (χ4v) is 2.01. The van der Waals surface area contributed by atoms with Crippen LogP contribution in [0.1, 0.15) is 42.8 Å². The van der Waals surface area contributed by atoms with Crippen molar-refractivity contribution in [2.24, 2.45) is 0 Å². The first-order valence-corrected chi connectivity index (χ1v) is 7.23. The van der Waals surface area contributed by atoms with Gasteiger partial charge in [0.15, 0.2) is 6.29 Å². The second-order valence-electron chi connectivity index (χ2n) is 5.95. The number of alkyl carbamates (subject to hydrolysis) is 1. The number of benzene rings is 1. The van der Waals surface area contributed by atoms with Crippen LogP contribution in [0.4, 0.5) is 4.79 Å². The molecule has 1 amide bonds. The molecule has 2 unspecified atom stereocenters. The van der Waals surface area contributed by atoms with Crippen molar-refractivity contribution < 1.29 is 29.6 Å². The Kier molecular flexibility index (Phi) is 6.37. The number of phenols is 1. The molecule has 8 heteroatoms. The lowest BCUT2D eigenvalue weighted by Crippen LogP contribution is -2.38. The summed E-state index contributed by atoms with van der Waals surface area (Å²) in [5, 5.41) is 32.3. The molecule has 0 saturated carbocycles. The average molecular weight is 346 g/mol. The van der Waals surface area contributed by atoms with Gasteiger partial charge in [0.25, 0.3) is 0 Å². The van der Waals surface area contributed by atoms with Crippen LogP contribution in [0.15, 0.2) is 12.1 Å². The number of amides is 1. The number of ether oxygens (including phenoxy) is 1. The minimum Gasteiger partial charge on any atom is -0.507 e. The molecule has 0 fully saturated rings. The molecule has 0 radical (unpaired) electrons. The Balaban J connectivity index is 2.78. The predicted molar refractivity (Wildman–Crippen MR) is 83.7 cm³/mol. The molecule has 0 aliphatic heterocycles. The molecular formula is C15H20ClNO6. The van der Waals surface area contributed by atoms with Gasteiger partial charge in [0, 0.05) is 17.1 Å². The Bertz CT molecular complexity index is 584. The fraction of sp³-hybridized carbons (Fsp3) is 0.467. The third kappa shape index (κ3) is 5.70. The highest BCUT2D eigenvalue weighted by Crippen LogP contribution is 2.32. The van der Waals surface area contributed by atoms with Crippen LogP contribution in [0.5, 0.6) is 5.75 Å². The van der Waals surface area contributed by atoms with Gasteiger partial charge in [-0.05, 0) is 32.9 Å². The van der Waals surface area contributed by atoms with Crippen molar-refractivity contribution in [1.29, 1.82) is 0 Å². The number of nitrogens with one attached hydrogen (secondary N) is 1. The number of aliphatic hydroxyl groups is 2. The average Bonchev–Trinajstić information content (AvgIpc) is 2.44. The molecule has 0 bridgehead atoms. The Morgan fingerprint density at radius 3 is 2.52 bits per heavy atom. The maximum absolute atomic E-state index is 11.5. The molecule has 7 nitrogen and oxygen atoms in total. The zero-order valence-electron chi connectivity index (χ0n) is 13.0. The van der Waals surface area contributed by atoms with Gasteiger partial charge in [0.1, 0.15) is 23.6 Å². The fourth-order valence-electron chi connectivity index (χ4n) is 1.78. The maximum Gasteiger partial charge on any atom is 0.407 e. The second-order valence-corrected chi connectivity index (χ2v) is 6.38. The van der Waals surface area contributed by atoms with Crippen LogP contribution in [0.25, 0.3) is 0 Å². The summed E-state index contributed by atoms with van der Waals surface area (Å²) >= 11 is 5.80. The molecule has 1 aromatic rings. The normalized spacial score (nSPS) is 14.0. The van der Waals surface area contributed by atoms with E-state index in [1.807, 2.05) is 0 Å². The van der Waals surface area contributed by atoms with E-state index in [2.05, 4.69) is 5.32 Å². The SMILES string of the molecule is CC(C)(C)OC(=O)NCC(O)C(O)c1cc(Cl)cc(C=O)c1O. The number of carbonyl (C=O) groups excluding carboxylic acids is 2. The highest BCUT2D eigenvalue weighted by molar-refractivity contribution is 6.31. The lowest BCUT2D eigenvalue weighted by atomic mass is 10.0. The van der Waals surface area contributed by atoms with Gasteiger partial charge in [-0.25, -0.2) is 4.79 Å². The number of aldehydes is 1. The lowest BCUT2D eigenvalue weighted by Gasteiger charge is -2.23. The van der Waals surface area contributed by atoms with E-state index in [1.54, 1.807) is 20.8 Å². The van der Waals surface area contributed by atoms with Crippen molar-refractivity contribution in [2.75, 3.05) is 6.54 Å². The highest BCUT2D eigenvalue weighted by atomic mass is 35.5. The number of aromatic hydroxyl groups is 1. The smallest absolute Gasteiger partial charge is 0.407 e. The van der Waals surface area contributed by atoms with Gasteiger partial charge in [0.05, 0.1) is 5.56 Å². The second kappa shape index (κ2) is 7.63. The highest BCUT2D eigenvalue weighted by Gasteiger charge is 2.25. The van der Waals surface area contributed by atoms with Crippen molar-refractivity contribution in [3.63, 3.8) is 0 Å². The number of halogens is 1. The molecule has 2 atom stereocenters. The van der Waals surface area contributed by atoms with Gasteiger partial charge >= 0.3 is 6.09 Å². The molecule has 0 saturated heterocycles. The summed E-state index contributed by atoms with van der Waals surface area (Å²) in [5.74, 6) is -0.479. The van der Waals surface area contributed by atoms with Crippen LogP contribution < -0.4 is 5.32 Å². The number of aliphatic hydroxyl groups excluding tert-OH is 2. The molecular weight excluding hydrogens is 326 g/mol. The van der Waals surface area contributed by atoms with Crippen molar-refractivity contribution in [3.8, 4) is 5.75 Å². The van der Waals surface area contributed by atoms with Crippen LogP contribution in [0.2, 0.25) is 5.02 Å². The van der Waals surface area contributed by atoms with Crippen molar-refractivity contribution in [2.45, 2.75) is 38.6 Å². The van der Waals surface area contributed by atoms with E-state index in [4.69, 9.17) is 16.3 Å². The zero-order valence-corrected chi connectivity index (χ0v) is 13.8. The summed E-state index contributed by atoms with van der Waals surface area (Å²) in [6.45, 7) is 4.73. The Morgan fingerprint density at radius 1 is 1.39 bits per heavy atom. The summed E-state index contributed by atoms with van der Waals surface area (Å²) in [6, 6.07) is 2.46. The largest absolute Gasteiger partial charge is 0.507 e. The lowest BCUT2D eigenvalue weighted by molar-refractivity contribution is 0.0119. The Labute approximate surface area is 138 Å². The van der Waals surface area contributed by atoms with Gasteiger partial charge in [-0.2, -0.15) is 0 Å². The van der Waals surface area contributed by atoms with Crippen LogP contribution in [0.3, 0.4) is 0 Å². The van der Waals surface area contributed by atoms with Crippen molar-refractivity contribution >= 4 is 24.0 Å². The summed E-state index contributed by atoms with van der Waals surface area (Å²) in [6.07, 6.45) is -3.37. The summed E-state index contributed by atoms with van der Waals surface area (Å²) in [5.41, 5.74) is -0.922. The minimum absolute atomic E-state index is 0.112. The number of carbonyl (C=O) groups is 2. The Morgan fingerprint density at radius 2 is 2.00 bits per heavy atom. The molecule has 0 spiro atoms. The quantitative estimate of drug-likeness (QED) is 0.604. The first kappa shape index (κ1) is 19.2. The van der Waals surface area contributed by atoms with E-state index in [0.717, 1.165) is 0 Å². The van der Waals surface area contributed by atoms with E-state index in [-0.39, 0.29) is 22.7 Å². The summed E-state index contributed by atoms with van der Waals surface area (Å²) in [7, 11) is 0. The number of rotatable bonds is 5. The molecule has 23 heavy (non-hydrogen) atoms. The van der Waals surface area contributed by atoms with Gasteiger partial charge in [0.2, 0.25) is 0 Å². The molecule has 0 aromatic heterocycles. The van der Waals surface area contributed by atoms with E-state index in [1.165, 1.54) is 12.1 Å². The van der Waals surface area contributed by atoms with Crippen LogP contribution >= 0.6 is 11.6 Å². The maximum atomic E-state index is 11.5. The first-order valence-electron chi connectivity index (χ1n) is 6.85. The molecule has 1 rings (SSSR count). The predicted octanol–water partition coefficient (Wildman–Crippen LogP) is 1.78. The zero-order chi connectivity index (χ0) is 17.8. The van der Waals surface area contributed by atoms with Gasteiger partial charge < -0.3 is 25.4 Å². The molecule has 0 aliphatic carbocycles. The molecule has 1 aromatic carbocycles. The summed E-state index contributed by atoms with van der Waals surface area (Å²) in [4.78, 5) is 22.3. The van der Waals surface area contributed by atoms with Crippen LogP contribution in [-0.2, 0) is 4.74 Å². The van der Waals surface area contributed by atoms with E-state index in [0.29, 0.717) is 6.29 Å². The molecule has 128 valence electrons. The number of hydrogen-bond acceptors (Lipinski definition) is 6. The number of hydrogen-bond donors (Lipinski definition) is 4. The standard InChI is InChI=1S/C15H20ClNO6/c1-15(2,3)23-14(22)17-6-11(19)13(21)10-5-9(16)4-8(7-18)12(10)20/h4-5,7,11,13,19-21H,6H2,1-3H3,(H,17,22). The van der Waals surface area contributed by atoms with E-state index in [9.17, 15) is 24.9 Å². The van der Waals surface area contributed by atoms with E-state index >= 15 is 0 Å². The summed E-state index contributed by atoms with van der Waals surface area (Å²) < 4.78 is 4.99. The van der Waals surface area contributed by atoms with Crippen molar-refractivity contribution in [1.82, 2.24) is 5.32 Å². The van der Waals surface area contributed by atoms with Gasteiger partial charge in [-0.1, -0.05) is 11.6 Å². The van der Waals surface area contributed by atoms with Crippen molar-refractivity contribution in [3.05, 3.63) is 28.3 Å². The topological polar surface area (TPSA) is 116 Å². The monoisotopic (exact) mass is 345 g/mol.